The molecule has 1 unspecified atom stereocenters. The van der Waals surface area contributed by atoms with Crippen molar-refractivity contribution in [2.75, 3.05) is 0 Å². The summed E-state index contributed by atoms with van der Waals surface area (Å²) in [6, 6.07) is 1.75. The summed E-state index contributed by atoms with van der Waals surface area (Å²) in [5.41, 5.74) is -0.217. The molecule has 1 aromatic rings. The predicted octanol–water partition coefficient (Wildman–Crippen LogP) is 2.53. The average Bonchev–Trinajstić information content (AvgIpc) is 2.24. The van der Waals surface area contributed by atoms with Crippen molar-refractivity contribution in [1.29, 1.82) is 0 Å². The van der Waals surface area contributed by atoms with Gasteiger partial charge in [0.05, 0.1) is 4.47 Å². The smallest absolute Gasteiger partial charge is 0.265 e. The first-order chi connectivity index (χ1) is 8.31. The molecule has 0 saturated heterocycles. The lowest BCUT2D eigenvalue weighted by Crippen LogP contribution is -2.39. The van der Waals surface area contributed by atoms with Crippen molar-refractivity contribution < 1.29 is 4.79 Å². The zero-order chi connectivity index (χ0) is 13.9. The highest BCUT2D eigenvalue weighted by atomic mass is 79.9. The number of aromatic nitrogens is 1. The molecule has 6 heteroatoms. The number of rotatable bonds is 4. The van der Waals surface area contributed by atoms with Gasteiger partial charge in [-0.3, -0.25) is 9.59 Å². The minimum Gasteiger partial charge on any atom is -0.352 e. The largest absolute Gasteiger partial charge is 0.352 e. The van der Waals surface area contributed by atoms with Gasteiger partial charge in [0.2, 0.25) is 5.91 Å². The Morgan fingerprint density at radius 2 is 2.00 bits per heavy atom. The Labute approximate surface area is 123 Å². The molecule has 0 aliphatic rings. The second-order valence-electron chi connectivity index (χ2n) is 4.54. The van der Waals surface area contributed by atoms with Gasteiger partial charge in [0.1, 0.15) is 6.54 Å². The number of hydrogen-bond donors (Lipinski definition) is 1. The van der Waals surface area contributed by atoms with Crippen LogP contribution in [0.5, 0.6) is 0 Å². The standard InChI is InChI=1S/C12H16Br2N2O2/c1-7(2)8(3)15-11(17)6-16-5-9(13)4-10(14)12(16)18/h4-5,7-8H,6H2,1-3H3,(H,15,17). The maximum absolute atomic E-state index is 11.8. The molecule has 0 aliphatic heterocycles. The normalized spacial score (nSPS) is 12.6. The fraction of sp³-hybridized carbons (Fsp3) is 0.500. The van der Waals surface area contributed by atoms with Gasteiger partial charge in [-0.15, -0.1) is 0 Å². The Hall–Kier alpha value is -0.620. The van der Waals surface area contributed by atoms with Crippen LogP contribution in [0.15, 0.2) is 26.0 Å². The Morgan fingerprint density at radius 1 is 1.39 bits per heavy atom. The second-order valence-corrected chi connectivity index (χ2v) is 6.31. The Balaban J connectivity index is 2.80. The number of carbonyl (C=O) groups is 1. The van der Waals surface area contributed by atoms with Crippen LogP contribution in [-0.4, -0.2) is 16.5 Å². The van der Waals surface area contributed by atoms with E-state index in [9.17, 15) is 9.59 Å². The summed E-state index contributed by atoms with van der Waals surface area (Å²) < 4.78 is 2.55. The molecule has 0 aliphatic carbocycles. The highest BCUT2D eigenvalue weighted by Gasteiger charge is 2.12. The first-order valence-electron chi connectivity index (χ1n) is 5.66. The molecule has 1 N–H and O–H groups in total. The topological polar surface area (TPSA) is 51.1 Å². The summed E-state index contributed by atoms with van der Waals surface area (Å²) in [5.74, 6) is 0.197. The van der Waals surface area contributed by atoms with E-state index < -0.39 is 0 Å². The van der Waals surface area contributed by atoms with Crippen molar-refractivity contribution in [3.8, 4) is 0 Å². The van der Waals surface area contributed by atoms with E-state index in [-0.39, 0.29) is 24.1 Å². The minimum atomic E-state index is -0.217. The zero-order valence-corrected chi connectivity index (χ0v) is 13.7. The first-order valence-corrected chi connectivity index (χ1v) is 7.24. The third kappa shape index (κ3) is 4.24. The van der Waals surface area contributed by atoms with Gasteiger partial charge in [-0.1, -0.05) is 13.8 Å². The molecule has 100 valence electrons. The van der Waals surface area contributed by atoms with Crippen molar-refractivity contribution >= 4 is 37.8 Å². The van der Waals surface area contributed by atoms with Crippen LogP contribution in [0.1, 0.15) is 20.8 Å². The molecule has 0 spiro atoms. The van der Waals surface area contributed by atoms with Gasteiger partial charge < -0.3 is 9.88 Å². The molecular weight excluding hydrogens is 364 g/mol. The molecule has 0 fully saturated rings. The lowest BCUT2D eigenvalue weighted by atomic mass is 10.1. The highest BCUT2D eigenvalue weighted by molar-refractivity contribution is 9.11. The monoisotopic (exact) mass is 378 g/mol. The number of amides is 1. The molecule has 1 heterocycles. The predicted molar refractivity (Wildman–Crippen MR) is 78.5 cm³/mol. The maximum atomic E-state index is 11.8. The minimum absolute atomic E-state index is 0.0218. The van der Waals surface area contributed by atoms with Gasteiger partial charge in [-0.25, -0.2) is 0 Å². The van der Waals surface area contributed by atoms with Gasteiger partial charge in [0.25, 0.3) is 5.56 Å². The molecule has 0 radical (unpaired) electrons. The lowest BCUT2D eigenvalue weighted by Gasteiger charge is -2.17. The lowest BCUT2D eigenvalue weighted by molar-refractivity contribution is -0.122. The van der Waals surface area contributed by atoms with Gasteiger partial charge in [0, 0.05) is 16.7 Å². The van der Waals surface area contributed by atoms with E-state index in [4.69, 9.17) is 0 Å². The quantitative estimate of drug-likeness (QED) is 0.873. The Kier molecular flexibility index (Phi) is 5.59. The summed E-state index contributed by atoms with van der Waals surface area (Å²) in [5, 5.41) is 2.86. The van der Waals surface area contributed by atoms with Crippen molar-refractivity contribution in [2.24, 2.45) is 5.92 Å². The number of halogens is 2. The van der Waals surface area contributed by atoms with Crippen molar-refractivity contribution in [3.63, 3.8) is 0 Å². The van der Waals surface area contributed by atoms with Crippen LogP contribution < -0.4 is 10.9 Å². The Bertz CT molecular complexity index is 497. The summed E-state index contributed by atoms with van der Waals surface area (Å²) in [6.45, 7) is 6.04. The van der Waals surface area contributed by atoms with Crippen LogP contribution in [0.4, 0.5) is 0 Å². The van der Waals surface area contributed by atoms with Crippen LogP contribution in [0.25, 0.3) is 0 Å². The van der Waals surface area contributed by atoms with E-state index in [1.807, 2.05) is 20.8 Å². The third-order valence-electron chi connectivity index (χ3n) is 2.71. The van der Waals surface area contributed by atoms with E-state index in [0.717, 1.165) is 4.47 Å². The summed E-state index contributed by atoms with van der Waals surface area (Å²) in [7, 11) is 0. The van der Waals surface area contributed by atoms with Crippen molar-refractivity contribution in [1.82, 2.24) is 9.88 Å². The fourth-order valence-corrected chi connectivity index (χ4v) is 2.56. The van der Waals surface area contributed by atoms with E-state index in [1.165, 1.54) is 4.57 Å². The number of nitrogens with zero attached hydrogens (tertiary/aromatic N) is 1. The fourth-order valence-electron chi connectivity index (χ4n) is 1.30. The maximum Gasteiger partial charge on any atom is 0.265 e. The molecule has 1 amide bonds. The number of pyridine rings is 1. The van der Waals surface area contributed by atoms with Gasteiger partial charge in [0.15, 0.2) is 0 Å². The van der Waals surface area contributed by atoms with E-state index >= 15 is 0 Å². The molecule has 0 bridgehead atoms. The molecular formula is C12H16Br2N2O2. The SMILES string of the molecule is CC(C)C(C)NC(=O)Cn1cc(Br)cc(Br)c1=O. The van der Waals surface area contributed by atoms with E-state index in [2.05, 4.69) is 37.2 Å². The van der Waals surface area contributed by atoms with Crippen LogP contribution in [0, 0.1) is 5.92 Å². The number of nitrogens with one attached hydrogen (secondary N) is 1. The zero-order valence-electron chi connectivity index (χ0n) is 10.5. The molecule has 1 rings (SSSR count). The van der Waals surface area contributed by atoms with Gasteiger partial charge in [-0.2, -0.15) is 0 Å². The van der Waals surface area contributed by atoms with Crippen LogP contribution >= 0.6 is 31.9 Å². The molecule has 1 aromatic heterocycles. The van der Waals surface area contributed by atoms with Crippen molar-refractivity contribution in [3.05, 3.63) is 31.6 Å². The molecule has 4 nitrogen and oxygen atoms in total. The second kappa shape index (κ2) is 6.52. The first kappa shape index (κ1) is 15.4. The van der Waals surface area contributed by atoms with E-state index in [1.54, 1.807) is 12.3 Å². The summed E-state index contributed by atoms with van der Waals surface area (Å²) in [6.07, 6.45) is 1.60. The molecule has 0 saturated carbocycles. The molecule has 18 heavy (non-hydrogen) atoms. The Morgan fingerprint density at radius 3 is 2.56 bits per heavy atom. The summed E-state index contributed by atoms with van der Waals surface area (Å²) >= 11 is 6.46. The van der Waals surface area contributed by atoms with Crippen LogP contribution in [0.3, 0.4) is 0 Å². The molecule has 1 atom stereocenters. The third-order valence-corrected chi connectivity index (χ3v) is 3.71. The van der Waals surface area contributed by atoms with Gasteiger partial charge >= 0.3 is 0 Å². The van der Waals surface area contributed by atoms with Crippen molar-refractivity contribution in [2.45, 2.75) is 33.4 Å². The molecule has 0 aromatic carbocycles. The number of carbonyl (C=O) groups excluding carboxylic acids is 1. The van der Waals surface area contributed by atoms with Crippen LogP contribution in [0.2, 0.25) is 0 Å². The highest BCUT2D eigenvalue weighted by Crippen LogP contribution is 2.12. The average molecular weight is 380 g/mol. The number of hydrogen-bond acceptors (Lipinski definition) is 2. The summed E-state index contributed by atoms with van der Waals surface area (Å²) in [4.78, 5) is 23.6. The van der Waals surface area contributed by atoms with Crippen LogP contribution in [-0.2, 0) is 11.3 Å². The van der Waals surface area contributed by atoms with Gasteiger partial charge in [-0.05, 0) is 50.8 Å². The van der Waals surface area contributed by atoms with E-state index in [0.29, 0.717) is 10.4 Å².